The largest absolute Gasteiger partial charge is 0.444 e. The molecule has 0 fully saturated rings. The topological polar surface area (TPSA) is 57.7 Å². The molecule has 0 spiro atoms. The molecule has 1 aromatic carbocycles. The molecule has 0 saturated carbocycles. The summed E-state index contributed by atoms with van der Waals surface area (Å²) in [7, 11) is 0. The predicted molar refractivity (Wildman–Crippen MR) is 131 cm³/mol. The number of rotatable bonds is 3. The van der Waals surface area contributed by atoms with Crippen LogP contribution in [-0.4, -0.2) is 47.8 Å². The summed E-state index contributed by atoms with van der Waals surface area (Å²) in [4.78, 5) is 21.0. The molecular formula is C24H28Cl2N4O2. The van der Waals surface area contributed by atoms with E-state index in [2.05, 4.69) is 27.3 Å². The number of benzene rings is 1. The van der Waals surface area contributed by atoms with Crippen molar-refractivity contribution >= 4 is 46.4 Å². The van der Waals surface area contributed by atoms with Crippen LogP contribution in [0.1, 0.15) is 38.3 Å². The van der Waals surface area contributed by atoms with Gasteiger partial charge in [0.1, 0.15) is 11.4 Å². The number of aromatic nitrogens is 1. The van der Waals surface area contributed by atoms with Gasteiger partial charge in [0, 0.05) is 49.0 Å². The van der Waals surface area contributed by atoms with Gasteiger partial charge in [-0.3, -0.25) is 0 Å². The lowest BCUT2D eigenvalue weighted by Gasteiger charge is -2.33. The lowest BCUT2D eigenvalue weighted by molar-refractivity contribution is 0.0270. The van der Waals surface area contributed by atoms with E-state index in [1.54, 1.807) is 11.0 Å². The van der Waals surface area contributed by atoms with Crippen molar-refractivity contribution in [3.05, 3.63) is 57.7 Å². The number of hydrogen-bond donors (Lipinski definition) is 1. The Balaban J connectivity index is 1.52. The van der Waals surface area contributed by atoms with Crippen LogP contribution in [-0.2, 0) is 11.3 Å². The van der Waals surface area contributed by atoms with Crippen LogP contribution in [0.2, 0.25) is 10.0 Å². The summed E-state index contributed by atoms with van der Waals surface area (Å²) >= 11 is 12.6. The minimum atomic E-state index is -0.494. The molecule has 0 radical (unpaired) electrons. The number of nitrogens with one attached hydrogen (secondary N) is 1. The monoisotopic (exact) mass is 474 g/mol. The Hall–Kier alpha value is -2.44. The van der Waals surface area contributed by atoms with Crippen LogP contribution in [0.15, 0.2) is 36.5 Å². The summed E-state index contributed by atoms with van der Waals surface area (Å²) in [6, 6.07) is 7.72. The predicted octanol–water partition coefficient (Wildman–Crippen LogP) is 5.84. The SMILES string of the molecule is CC(C)(C)OC(=O)N1CC=C(c2cnc3c(c2)N(Cc2cc(Cl)ccc2Cl)CCN3)CC1. The number of halogens is 2. The molecule has 1 aromatic heterocycles. The van der Waals surface area contributed by atoms with Crippen molar-refractivity contribution in [3.63, 3.8) is 0 Å². The number of pyridine rings is 1. The van der Waals surface area contributed by atoms with Gasteiger partial charge in [-0.2, -0.15) is 0 Å². The summed E-state index contributed by atoms with van der Waals surface area (Å²) in [6.45, 7) is 9.10. The molecule has 0 atom stereocenters. The zero-order valence-corrected chi connectivity index (χ0v) is 20.1. The highest BCUT2D eigenvalue weighted by Crippen LogP contribution is 2.34. The molecule has 2 aromatic rings. The molecule has 6 nitrogen and oxygen atoms in total. The van der Waals surface area contributed by atoms with Gasteiger partial charge in [0.15, 0.2) is 0 Å². The highest BCUT2D eigenvalue weighted by Gasteiger charge is 2.25. The first-order valence-electron chi connectivity index (χ1n) is 10.8. The van der Waals surface area contributed by atoms with Gasteiger partial charge < -0.3 is 19.9 Å². The lowest BCUT2D eigenvalue weighted by atomic mass is 10.00. The van der Waals surface area contributed by atoms with E-state index in [0.717, 1.165) is 42.1 Å². The minimum Gasteiger partial charge on any atom is -0.444 e. The van der Waals surface area contributed by atoms with E-state index in [4.69, 9.17) is 27.9 Å². The van der Waals surface area contributed by atoms with Gasteiger partial charge in [0.05, 0.1) is 5.69 Å². The average Bonchev–Trinajstić information content (AvgIpc) is 2.75. The van der Waals surface area contributed by atoms with E-state index in [-0.39, 0.29) is 6.09 Å². The highest BCUT2D eigenvalue weighted by molar-refractivity contribution is 6.33. The van der Waals surface area contributed by atoms with E-state index in [1.807, 2.05) is 39.1 Å². The van der Waals surface area contributed by atoms with E-state index in [0.29, 0.717) is 29.7 Å². The summed E-state index contributed by atoms with van der Waals surface area (Å²) < 4.78 is 5.49. The second-order valence-corrected chi connectivity index (χ2v) is 9.93. The van der Waals surface area contributed by atoms with Crippen LogP contribution in [0, 0.1) is 0 Å². The molecular weight excluding hydrogens is 447 g/mol. The van der Waals surface area contributed by atoms with E-state index in [9.17, 15) is 4.79 Å². The van der Waals surface area contributed by atoms with Crippen LogP contribution in [0.5, 0.6) is 0 Å². The van der Waals surface area contributed by atoms with Gasteiger partial charge in [0.25, 0.3) is 0 Å². The van der Waals surface area contributed by atoms with Crippen molar-refractivity contribution < 1.29 is 9.53 Å². The molecule has 170 valence electrons. The molecule has 2 aliphatic rings. The van der Waals surface area contributed by atoms with Gasteiger partial charge in [-0.25, -0.2) is 9.78 Å². The summed E-state index contributed by atoms with van der Waals surface area (Å²) in [5.41, 5.74) is 3.79. The molecule has 2 aliphatic heterocycles. The second kappa shape index (κ2) is 9.20. The molecule has 0 bridgehead atoms. The zero-order valence-electron chi connectivity index (χ0n) is 18.6. The first-order chi connectivity index (χ1) is 15.2. The Morgan fingerprint density at radius 2 is 2.03 bits per heavy atom. The molecule has 1 amide bonds. The van der Waals surface area contributed by atoms with Crippen LogP contribution < -0.4 is 10.2 Å². The third-order valence-corrected chi connectivity index (χ3v) is 6.09. The zero-order chi connectivity index (χ0) is 22.9. The fourth-order valence-corrected chi connectivity index (χ4v) is 4.27. The maximum absolute atomic E-state index is 12.3. The molecule has 3 heterocycles. The van der Waals surface area contributed by atoms with Crippen LogP contribution in [0.25, 0.3) is 5.57 Å². The van der Waals surface area contributed by atoms with Gasteiger partial charge >= 0.3 is 6.09 Å². The third-order valence-electron chi connectivity index (χ3n) is 5.48. The number of carbonyl (C=O) groups is 1. The Bertz CT molecular complexity index is 1050. The number of amides is 1. The maximum atomic E-state index is 12.3. The Kier molecular flexibility index (Phi) is 6.54. The second-order valence-electron chi connectivity index (χ2n) is 9.08. The fourth-order valence-electron chi connectivity index (χ4n) is 3.89. The van der Waals surface area contributed by atoms with Crippen molar-refractivity contribution in [3.8, 4) is 0 Å². The molecule has 8 heteroatoms. The number of nitrogens with zero attached hydrogens (tertiary/aromatic N) is 3. The van der Waals surface area contributed by atoms with E-state index in [1.165, 1.54) is 5.57 Å². The van der Waals surface area contributed by atoms with Crippen LogP contribution in [0.4, 0.5) is 16.3 Å². The smallest absolute Gasteiger partial charge is 0.410 e. The molecule has 1 N–H and O–H groups in total. The highest BCUT2D eigenvalue weighted by atomic mass is 35.5. The summed E-state index contributed by atoms with van der Waals surface area (Å²) in [5.74, 6) is 0.866. The van der Waals surface area contributed by atoms with E-state index < -0.39 is 5.60 Å². The number of ether oxygens (including phenoxy) is 1. The van der Waals surface area contributed by atoms with Gasteiger partial charge in [-0.1, -0.05) is 29.3 Å². The van der Waals surface area contributed by atoms with Gasteiger partial charge in [-0.15, -0.1) is 0 Å². The van der Waals surface area contributed by atoms with Crippen LogP contribution in [0.3, 0.4) is 0 Å². The first kappa shape index (κ1) is 22.7. The van der Waals surface area contributed by atoms with Crippen molar-refractivity contribution in [1.29, 1.82) is 0 Å². The Morgan fingerprint density at radius 1 is 1.22 bits per heavy atom. The molecule has 0 unspecified atom stereocenters. The Labute approximate surface area is 199 Å². The third kappa shape index (κ3) is 5.30. The maximum Gasteiger partial charge on any atom is 0.410 e. The lowest BCUT2D eigenvalue weighted by Crippen LogP contribution is -2.39. The molecule has 0 saturated heterocycles. The van der Waals surface area contributed by atoms with Gasteiger partial charge in [0.2, 0.25) is 0 Å². The summed E-state index contributed by atoms with van der Waals surface area (Å²) in [6.07, 6.45) is 4.47. The van der Waals surface area contributed by atoms with Crippen LogP contribution >= 0.6 is 23.2 Å². The number of hydrogen-bond acceptors (Lipinski definition) is 5. The van der Waals surface area contributed by atoms with E-state index >= 15 is 0 Å². The van der Waals surface area contributed by atoms with Crippen molar-refractivity contribution in [2.24, 2.45) is 0 Å². The van der Waals surface area contributed by atoms with Crippen molar-refractivity contribution in [2.75, 3.05) is 36.4 Å². The Morgan fingerprint density at radius 3 is 2.75 bits per heavy atom. The fraction of sp³-hybridized carbons (Fsp3) is 0.417. The number of anilines is 2. The average molecular weight is 475 g/mol. The standard InChI is InChI=1S/C24H28Cl2N4O2/c1-24(2,3)32-23(31)29-9-6-16(7-10-29)17-13-21-22(28-14-17)27-8-11-30(21)15-18-12-19(25)4-5-20(18)26/h4-6,12-14H,7-11,15H2,1-3H3,(H,27,28). The molecule has 0 aliphatic carbocycles. The number of fused-ring (bicyclic) bond motifs is 1. The number of carbonyl (C=O) groups excluding carboxylic acids is 1. The normalized spacial score (nSPS) is 16.2. The molecule has 32 heavy (non-hydrogen) atoms. The molecule has 4 rings (SSSR count). The van der Waals surface area contributed by atoms with Crippen molar-refractivity contribution in [1.82, 2.24) is 9.88 Å². The van der Waals surface area contributed by atoms with Crippen molar-refractivity contribution in [2.45, 2.75) is 39.3 Å². The van der Waals surface area contributed by atoms with Gasteiger partial charge in [-0.05, 0) is 68.2 Å². The quantitative estimate of drug-likeness (QED) is 0.604. The summed E-state index contributed by atoms with van der Waals surface area (Å²) in [5, 5.41) is 4.76. The first-order valence-corrected chi connectivity index (χ1v) is 11.6. The minimum absolute atomic E-state index is 0.273.